The molecular formula is C14H13NS. The van der Waals surface area contributed by atoms with Gasteiger partial charge in [0, 0.05) is 15.2 Å². The molecule has 0 N–H and O–H groups in total. The number of rotatable bonds is 0. The third kappa shape index (κ3) is 1.63. The van der Waals surface area contributed by atoms with Gasteiger partial charge in [0.05, 0.1) is 11.4 Å². The highest BCUT2D eigenvalue weighted by Gasteiger charge is 2.23. The van der Waals surface area contributed by atoms with E-state index in [-0.39, 0.29) is 5.41 Å². The van der Waals surface area contributed by atoms with Crippen molar-refractivity contribution in [1.29, 1.82) is 0 Å². The third-order valence-corrected chi connectivity index (χ3v) is 3.86. The molecule has 1 aromatic rings. The van der Waals surface area contributed by atoms with E-state index in [9.17, 15) is 0 Å². The standard InChI is InChI=1S/C14H13NS/c1-14(2)8-7-11-13(9-14)16-12-6-4-3-5-10(12)15-11/h3-9H,1-2H3. The summed E-state index contributed by atoms with van der Waals surface area (Å²) in [6.07, 6.45) is 6.65. The SMILES string of the molecule is CC1(C)C=CC2=Nc3ccccc3SC2=C1. The summed E-state index contributed by atoms with van der Waals surface area (Å²) < 4.78 is 0. The van der Waals surface area contributed by atoms with Crippen molar-refractivity contribution in [1.82, 2.24) is 0 Å². The van der Waals surface area contributed by atoms with E-state index < -0.39 is 0 Å². The summed E-state index contributed by atoms with van der Waals surface area (Å²) in [5.74, 6) is 0. The number of aliphatic imine (C=N–C) groups is 1. The summed E-state index contributed by atoms with van der Waals surface area (Å²) >= 11 is 1.82. The Labute approximate surface area is 100.0 Å². The summed E-state index contributed by atoms with van der Waals surface area (Å²) in [6, 6.07) is 8.30. The van der Waals surface area contributed by atoms with Gasteiger partial charge in [-0.2, -0.15) is 0 Å². The fraction of sp³-hybridized carbons (Fsp3) is 0.214. The summed E-state index contributed by atoms with van der Waals surface area (Å²) in [6.45, 7) is 4.43. The van der Waals surface area contributed by atoms with Gasteiger partial charge >= 0.3 is 0 Å². The van der Waals surface area contributed by atoms with Crippen LogP contribution >= 0.6 is 11.8 Å². The van der Waals surface area contributed by atoms with Gasteiger partial charge < -0.3 is 0 Å². The number of hydrogen-bond donors (Lipinski definition) is 0. The van der Waals surface area contributed by atoms with Crippen LogP contribution in [-0.2, 0) is 0 Å². The third-order valence-electron chi connectivity index (χ3n) is 2.75. The van der Waals surface area contributed by atoms with E-state index in [4.69, 9.17) is 0 Å². The van der Waals surface area contributed by atoms with E-state index in [1.54, 1.807) is 0 Å². The molecule has 2 heteroatoms. The lowest BCUT2D eigenvalue weighted by Crippen LogP contribution is -2.14. The van der Waals surface area contributed by atoms with Gasteiger partial charge in [-0.15, -0.1) is 0 Å². The Balaban J connectivity index is 2.12. The Morgan fingerprint density at radius 2 is 2.00 bits per heavy atom. The van der Waals surface area contributed by atoms with Crippen molar-refractivity contribution in [3.05, 3.63) is 47.4 Å². The van der Waals surface area contributed by atoms with Crippen LogP contribution < -0.4 is 0 Å². The number of allylic oxidation sites excluding steroid dienone is 4. The maximum absolute atomic E-state index is 4.67. The van der Waals surface area contributed by atoms with Crippen LogP contribution in [0.5, 0.6) is 0 Å². The van der Waals surface area contributed by atoms with Crippen molar-refractivity contribution in [3.8, 4) is 0 Å². The summed E-state index contributed by atoms with van der Waals surface area (Å²) in [5.41, 5.74) is 2.33. The molecule has 0 atom stereocenters. The van der Waals surface area contributed by atoms with Crippen LogP contribution in [0.15, 0.2) is 57.3 Å². The van der Waals surface area contributed by atoms with E-state index >= 15 is 0 Å². The van der Waals surface area contributed by atoms with Crippen molar-refractivity contribution in [2.75, 3.05) is 0 Å². The van der Waals surface area contributed by atoms with Crippen LogP contribution in [0.2, 0.25) is 0 Å². The second kappa shape index (κ2) is 3.36. The number of fused-ring (bicyclic) bond motifs is 2. The molecule has 3 rings (SSSR count). The van der Waals surface area contributed by atoms with E-state index in [0.717, 1.165) is 11.4 Å². The van der Waals surface area contributed by atoms with Gasteiger partial charge in [0.25, 0.3) is 0 Å². The molecule has 0 amide bonds. The smallest absolute Gasteiger partial charge is 0.0776 e. The molecule has 0 saturated carbocycles. The molecule has 0 bridgehead atoms. The molecule has 0 saturated heterocycles. The van der Waals surface area contributed by atoms with E-state index in [1.165, 1.54) is 9.80 Å². The van der Waals surface area contributed by atoms with Gasteiger partial charge in [-0.25, -0.2) is 4.99 Å². The van der Waals surface area contributed by atoms with Crippen molar-refractivity contribution in [2.24, 2.45) is 10.4 Å². The van der Waals surface area contributed by atoms with Crippen molar-refractivity contribution in [2.45, 2.75) is 18.7 Å². The van der Waals surface area contributed by atoms with Crippen LogP contribution in [0.1, 0.15) is 13.8 Å². The average molecular weight is 227 g/mol. The molecule has 2 aliphatic rings. The van der Waals surface area contributed by atoms with Crippen LogP contribution in [0, 0.1) is 5.41 Å². The topological polar surface area (TPSA) is 12.4 Å². The minimum Gasteiger partial charge on any atom is -0.247 e. The molecule has 1 nitrogen and oxygen atoms in total. The minimum atomic E-state index is 0.146. The first-order valence-electron chi connectivity index (χ1n) is 5.42. The average Bonchev–Trinajstić information content (AvgIpc) is 2.25. The Bertz CT molecular complexity index is 535. The van der Waals surface area contributed by atoms with Gasteiger partial charge in [0.2, 0.25) is 0 Å². The first kappa shape index (κ1) is 9.91. The van der Waals surface area contributed by atoms with Gasteiger partial charge in [0.15, 0.2) is 0 Å². The maximum Gasteiger partial charge on any atom is 0.0776 e. The minimum absolute atomic E-state index is 0.146. The Hall–Kier alpha value is -1.28. The lowest BCUT2D eigenvalue weighted by Gasteiger charge is -2.25. The zero-order chi connectivity index (χ0) is 11.2. The molecule has 0 fully saturated rings. The fourth-order valence-corrected chi connectivity index (χ4v) is 3.08. The molecule has 0 radical (unpaired) electrons. The van der Waals surface area contributed by atoms with Gasteiger partial charge in [-0.1, -0.05) is 49.9 Å². The van der Waals surface area contributed by atoms with Crippen LogP contribution in [0.3, 0.4) is 0 Å². The Morgan fingerprint density at radius 3 is 2.88 bits per heavy atom. The molecular weight excluding hydrogens is 214 g/mol. The molecule has 1 heterocycles. The zero-order valence-corrected chi connectivity index (χ0v) is 10.2. The molecule has 0 spiro atoms. The van der Waals surface area contributed by atoms with E-state index in [0.29, 0.717) is 0 Å². The highest BCUT2D eigenvalue weighted by molar-refractivity contribution is 8.04. The lowest BCUT2D eigenvalue weighted by molar-refractivity contribution is 0.623. The number of hydrogen-bond acceptors (Lipinski definition) is 2. The summed E-state index contributed by atoms with van der Waals surface area (Å²) in [4.78, 5) is 7.21. The molecule has 80 valence electrons. The highest BCUT2D eigenvalue weighted by Crippen LogP contribution is 2.43. The molecule has 1 aliphatic heterocycles. The van der Waals surface area contributed by atoms with Gasteiger partial charge in [0.1, 0.15) is 0 Å². The van der Waals surface area contributed by atoms with E-state index in [2.05, 4.69) is 55.3 Å². The van der Waals surface area contributed by atoms with Crippen LogP contribution in [0.25, 0.3) is 0 Å². The number of nitrogens with zero attached hydrogens (tertiary/aromatic N) is 1. The van der Waals surface area contributed by atoms with E-state index in [1.807, 2.05) is 17.8 Å². The highest BCUT2D eigenvalue weighted by atomic mass is 32.2. The summed E-state index contributed by atoms with van der Waals surface area (Å²) in [5, 5.41) is 0. The number of benzene rings is 1. The molecule has 0 unspecified atom stereocenters. The van der Waals surface area contributed by atoms with Gasteiger partial charge in [-0.05, 0) is 18.2 Å². The van der Waals surface area contributed by atoms with Crippen LogP contribution in [0.4, 0.5) is 5.69 Å². The van der Waals surface area contributed by atoms with Crippen molar-refractivity contribution in [3.63, 3.8) is 0 Å². The predicted octanol–water partition coefficient (Wildman–Crippen LogP) is 4.34. The summed E-state index contributed by atoms with van der Waals surface area (Å²) in [7, 11) is 0. The maximum atomic E-state index is 4.67. The molecule has 1 aliphatic carbocycles. The quantitative estimate of drug-likeness (QED) is 0.642. The lowest BCUT2D eigenvalue weighted by atomic mass is 9.88. The fourth-order valence-electron chi connectivity index (χ4n) is 1.89. The monoisotopic (exact) mass is 227 g/mol. The second-order valence-corrected chi connectivity index (χ2v) is 5.81. The Kier molecular flexibility index (Phi) is 2.08. The first-order valence-corrected chi connectivity index (χ1v) is 6.24. The molecule has 1 aromatic carbocycles. The number of thioether (sulfide) groups is 1. The zero-order valence-electron chi connectivity index (χ0n) is 9.40. The van der Waals surface area contributed by atoms with Gasteiger partial charge in [-0.3, -0.25) is 0 Å². The molecule has 16 heavy (non-hydrogen) atoms. The van der Waals surface area contributed by atoms with Crippen LogP contribution in [-0.4, -0.2) is 5.71 Å². The number of para-hydroxylation sites is 1. The largest absolute Gasteiger partial charge is 0.247 e. The van der Waals surface area contributed by atoms with Crippen molar-refractivity contribution < 1.29 is 0 Å². The first-order chi connectivity index (χ1) is 7.64. The normalized spacial score (nSPS) is 20.6. The van der Waals surface area contributed by atoms with Crippen molar-refractivity contribution >= 4 is 23.2 Å². The Morgan fingerprint density at radius 1 is 1.19 bits per heavy atom. The molecule has 0 aromatic heterocycles. The second-order valence-electron chi connectivity index (χ2n) is 4.73. The predicted molar refractivity (Wildman–Crippen MR) is 70.4 cm³/mol.